The van der Waals surface area contributed by atoms with E-state index in [1.54, 1.807) is 13.8 Å². The van der Waals surface area contributed by atoms with E-state index in [4.69, 9.17) is 14.2 Å². The molecule has 168 valence electrons. The molecule has 1 aliphatic heterocycles. The first-order valence-electron chi connectivity index (χ1n) is 11.5. The van der Waals surface area contributed by atoms with Crippen molar-refractivity contribution in [2.75, 3.05) is 13.2 Å². The van der Waals surface area contributed by atoms with Gasteiger partial charge in [-0.1, -0.05) is 49.1 Å². The number of hydrogen-bond acceptors (Lipinski definition) is 6. The van der Waals surface area contributed by atoms with Crippen LogP contribution in [0.2, 0.25) is 0 Å². The normalized spacial score (nSPS) is 28.1. The molecule has 1 heterocycles. The Labute approximate surface area is 183 Å². The van der Waals surface area contributed by atoms with Crippen LogP contribution in [0.25, 0.3) is 0 Å². The largest absolute Gasteiger partial charge is 0.465 e. The Morgan fingerprint density at radius 3 is 2.10 bits per heavy atom. The second-order valence-electron chi connectivity index (χ2n) is 9.28. The van der Waals surface area contributed by atoms with Crippen molar-refractivity contribution in [3.8, 4) is 0 Å². The third-order valence-corrected chi connectivity index (χ3v) is 7.53. The third-order valence-electron chi connectivity index (χ3n) is 7.53. The first-order chi connectivity index (χ1) is 14.9. The van der Waals surface area contributed by atoms with Gasteiger partial charge in [0.1, 0.15) is 12.0 Å². The van der Waals surface area contributed by atoms with Gasteiger partial charge in [0.15, 0.2) is 5.41 Å². The van der Waals surface area contributed by atoms with Gasteiger partial charge >= 0.3 is 17.9 Å². The summed E-state index contributed by atoms with van der Waals surface area (Å²) in [5.74, 6) is -2.71. The third kappa shape index (κ3) is 3.35. The van der Waals surface area contributed by atoms with Gasteiger partial charge in [-0.15, -0.1) is 0 Å². The number of carbonyl (C=O) groups is 3. The van der Waals surface area contributed by atoms with Crippen LogP contribution in [0.4, 0.5) is 0 Å². The number of hydrogen-bond donors (Lipinski definition) is 0. The number of fused-ring (bicyclic) bond motifs is 2. The van der Waals surface area contributed by atoms with Crippen molar-refractivity contribution in [3.05, 3.63) is 35.4 Å². The van der Waals surface area contributed by atoms with Gasteiger partial charge in [-0.05, 0) is 45.6 Å². The summed E-state index contributed by atoms with van der Waals surface area (Å²) in [5.41, 5.74) is -0.102. The van der Waals surface area contributed by atoms with E-state index in [9.17, 15) is 14.4 Å². The average Bonchev–Trinajstić information content (AvgIpc) is 2.75. The van der Waals surface area contributed by atoms with Crippen LogP contribution in [-0.2, 0) is 28.6 Å². The highest BCUT2D eigenvalue weighted by Gasteiger charge is 2.73. The zero-order valence-corrected chi connectivity index (χ0v) is 18.6. The molecule has 0 radical (unpaired) electrons. The zero-order chi connectivity index (χ0) is 22.2. The molecular formula is C25H32O6. The molecule has 1 aromatic carbocycles. The van der Waals surface area contributed by atoms with Gasteiger partial charge in [0, 0.05) is 11.3 Å². The van der Waals surface area contributed by atoms with Crippen LogP contribution in [0.1, 0.15) is 69.4 Å². The van der Waals surface area contributed by atoms with E-state index < -0.39 is 34.6 Å². The Balaban J connectivity index is 1.92. The van der Waals surface area contributed by atoms with Crippen LogP contribution < -0.4 is 0 Å². The Morgan fingerprint density at radius 1 is 1.00 bits per heavy atom. The maximum absolute atomic E-state index is 13.6. The van der Waals surface area contributed by atoms with E-state index >= 15 is 0 Å². The molecular weight excluding hydrogens is 396 g/mol. The molecule has 4 rings (SSSR count). The lowest BCUT2D eigenvalue weighted by atomic mass is 9.46. The Morgan fingerprint density at radius 2 is 1.58 bits per heavy atom. The van der Waals surface area contributed by atoms with Crippen molar-refractivity contribution in [1.82, 2.24) is 0 Å². The SMILES string of the molecule is CCOC(=O)C1(C(=O)OCC)CC2(CCCCC2)[C@H]2OC(=O)[C@H]2[C@@H]1c1ccc(C)cc1. The minimum atomic E-state index is -1.56. The van der Waals surface area contributed by atoms with Crippen molar-refractivity contribution in [3.63, 3.8) is 0 Å². The highest BCUT2D eigenvalue weighted by molar-refractivity contribution is 6.03. The molecule has 2 saturated carbocycles. The standard InChI is InChI=1S/C25H32O6/c1-4-29-22(27)25(23(28)30-5-2)15-24(13-7-6-8-14-24)20-18(21(26)31-20)19(25)17-11-9-16(3)10-12-17/h9-12,18-20H,4-8,13-15H2,1-3H3/t18-,19-,20-/m0/s1. The second kappa shape index (κ2) is 8.29. The van der Waals surface area contributed by atoms with Crippen molar-refractivity contribution in [1.29, 1.82) is 0 Å². The topological polar surface area (TPSA) is 78.9 Å². The highest BCUT2D eigenvalue weighted by Crippen LogP contribution is 2.65. The van der Waals surface area contributed by atoms with Crippen LogP contribution in [0, 0.1) is 23.7 Å². The summed E-state index contributed by atoms with van der Waals surface area (Å²) in [6, 6.07) is 7.71. The van der Waals surface area contributed by atoms with Gasteiger partial charge in [0.25, 0.3) is 0 Å². The fourth-order valence-electron chi connectivity index (χ4n) is 6.20. The monoisotopic (exact) mass is 428 g/mol. The first kappa shape index (κ1) is 21.8. The van der Waals surface area contributed by atoms with Crippen LogP contribution in [0.15, 0.2) is 24.3 Å². The molecule has 0 amide bonds. The Hall–Kier alpha value is -2.37. The molecule has 31 heavy (non-hydrogen) atoms. The first-order valence-corrected chi connectivity index (χ1v) is 11.5. The number of rotatable bonds is 5. The van der Waals surface area contributed by atoms with E-state index in [1.165, 1.54) is 0 Å². The van der Waals surface area contributed by atoms with E-state index in [1.807, 2.05) is 31.2 Å². The summed E-state index contributed by atoms with van der Waals surface area (Å²) < 4.78 is 16.8. The number of carbonyl (C=O) groups excluding carboxylic acids is 3. The van der Waals surface area contributed by atoms with Crippen molar-refractivity contribution < 1.29 is 28.6 Å². The Kier molecular flexibility index (Phi) is 5.84. The molecule has 6 nitrogen and oxygen atoms in total. The molecule has 1 aromatic rings. The molecule has 0 aromatic heterocycles. The zero-order valence-electron chi connectivity index (χ0n) is 18.6. The minimum Gasteiger partial charge on any atom is -0.465 e. The fourth-order valence-corrected chi connectivity index (χ4v) is 6.20. The van der Waals surface area contributed by atoms with E-state index in [2.05, 4.69) is 0 Å². The van der Waals surface area contributed by atoms with Gasteiger partial charge < -0.3 is 14.2 Å². The number of esters is 3. The van der Waals surface area contributed by atoms with Gasteiger partial charge in [-0.25, -0.2) is 0 Å². The molecule has 3 fully saturated rings. The molecule has 3 atom stereocenters. The van der Waals surface area contributed by atoms with E-state index in [-0.39, 0.29) is 25.3 Å². The molecule has 1 saturated heterocycles. The van der Waals surface area contributed by atoms with Gasteiger partial charge in [0.2, 0.25) is 0 Å². The van der Waals surface area contributed by atoms with Gasteiger partial charge in [-0.3, -0.25) is 14.4 Å². The smallest absolute Gasteiger partial charge is 0.324 e. The maximum Gasteiger partial charge on any atom is 0.324 e. The molecule has 2 aliphatic carbocycles. The summed E-state index contributed by atoms with van der Waals surface area (Å²) in [6.45, 7) is 5.76. The summed E-state index contributed by atoms with van der Waals surface area (Å²) in [4.78, 5) is 40.1. The van der Waals surface area contributed by atoms with Crippen molar-refractivity contribution in [2.45, 2.75) is 71.3 Å². The number of aryl methyl sites for hydroxylation is 1. The fraction of sp³-hybridized carbons (Fsp3) is 0.640. The summed E-state index contributed by atoms with van der Waals surface area (Å²) >= 11 is 0. The predicted molar refractivity (Wildman–Crippen MR) is 113 cm³/mol. The van der Waals surface area contributed by atoms with E-state index in [0.29, 0.717) is 6.42 Å². The van der Waals surface area contributed by atoms with Crippen LogP contribution in [-0.4, -0.2) is 37.2 Å². The van der Waals surface area contributed by atoms with Gasteiger partial charge in [-0.2, -0.15) is 0 Å². The summed E-state index contributed by atoms with van der Waals surface area (Å²) in [5, 5.41) is 0. The van der Waals surface area contributed by atoms with Crippen LogP contribution in [0.5, 0.6) is 0 Å². The van der Waals surface area contributed by atoms with Gasteiger partial charge in [0.05, 0.1) is 13.2 Å². The van der Waals surface area contributed by atoms with Crippen LogP contribution in [0.3, 0.4) is 0 Å². The van der Waals surface area contributed by atoms with Crippen molar-refractivity contribution in [2.24, 2.45) is 16.7 Å². The quantitative estimate of drug-likeness (QED) is 0.399. The Bertz CT molecular complexity index is 833. The lowest BCUT2D eigenvalue weighted by molar-refractivity contribution is -0.240. The van der Waals surface area contributed by atoms with Crippen LogP contribution >= 0.6 is 0 Å². The molecule has 1 spiro atoms. The second-order valence-corrected chi connectivity index (χ2v) is 9.28. The number of ether oxygens (including phenoxy) is 3. The predicted octanol–water partition coefficient (Wildman–Crippen LogP) is 4.09. The lowest BCUT2D eigenvalue weighted by Gasteiger charge is -2.60. The lowest BCUT2D eigenvalue weighted by Crippen LogP contribution is -2.68. The molecule has 0 bridgehead atoms. The molecule has 6 heteroatoms. The van der Waals surface area contributed by atoms with Crippen molar-refractivity contribution >= 4 is 17.9 Å². The minimum absolute atomic E-state index is 0.159. The molecule has 3 aliphatic rings. The van der Waals surface area contributed by atoms with E-state index in [0.717, 1.165) is 43.2 Å². The molecule has 0 unspecified atom stereocenters. The maximum atomic E-state index is 13.6. The molecule has 0 N–H and O–H groups in total. The average molecular weight is 429 g/mol. The summed E-state index contributed by atoms with van der Waals surface area (Å²) in [6.07, 6.45) is 4.80. The number of benzene rings is 1. The highest BCUT2D eigenvalue weighted by atomic mass is 16.6. The summed E-state index contributed by atoms with van der Waals surface area (Å²) in [7, 11) is 0.